The smallest absolute Gasteiger partial charge is 0.240 e. The first-order valence-electron chi connectivity index (χ1n) is 10.6. The number of fused-ring (bicyclic) bond motifs is 1. The molecule has 2 aromatic rings. The number of nitrogens with zero attached hydrogens (tertiary/aromatic N) is 3. The van der Waals surface area contributed by atoms with E-state index < -0.39 is 0 Å². The average molecular weight is 437 g/mol. The Kier molecular flexibility index (Phi) is 6.77. The highest BCUT2D eigenvalue weighted by molar-refractivity contribution is 6.31. The van der Waals surface area contributed by atoms with Gasteiger partial charge in [-0.15, -0.1) is 0 Å². The number of hydrogen-bond donors (Lipinski definition) is 1. The van der Waals surface area contributed by atoms with E-state index in [1.807, 2.05) is 12.1 Å². The van der Waals surface area contributed by atoms with E-state index in [0.29, 0.717) is 28.8 Å². The molecule has 0 fully saturated rings. The van der Waals surface area contributed by atoms with Gasteiger partial charge in [0.05, 0.1) is 12.1 Å². The predicted octanol–water partition coefficient (Wildman–Crippen LogP) is 4.60. The van der Waals surface area contributed by atoms with Crippen LogP contribution in [-0.2, 0) is 9.59 Å². The number of nitrogens with one attached hydrogen (secondary N) is 1. The Morgan fingerprint density at radius 2 is 2.10 bits per heavy atom. The molecule has 6 nitrogen and oxygen atoms in total. The lowest BCUT2D eigenvalue weighted by Gasteiger charge is -2.21. The van der Waals surface area contributed by atoms with E-state index in [9.17, 15) is 9.59 Å². The molecule has 4 rings (SSSR count). The van der Waals surface area contributed by atoms with Gasteiger partial charge in [0.2, 0.25) is 11.8 Å². The first-order valence-corrected chi connectivity index (χ1v) is 11.0. The number of anilines is 1. The van der Waals surface area contributed by atoms with Gasteiger partial charge in [0, 0.05) is 17.8 Å². The number of amides is 2. The fourth-order valence-electron chi connectivity index (χ4n) is 3.92. The van der Waals surface area contributed by atoms with Gasteiger partial charge in [0.15, 0.2) is 5.82 Å². The first kappa shape index (κ1) is 21.2. The standard InChI is InChI=1S/C24H25ClN4O2/c25-19-9-4-8-18(14-19)21-15-23(31)29(24-20(28-21)10-5-12-27-24)16-22(30)26-13-11-17-6-2-1-3-7-17/h4-6,8-10,12,14H,1-3,7,11,13,15-16H2,(H,26,30). The zero-order valence-electron chi connectivity index (χ0n) is 17.3. The molecule has 1 aromatic carbocycles. The van der Waals surface area contributed by atoms with Crippen LogP contribution in [0.15, 0.2) is 59.2 Å². The van der Waals surface area contributed by atoms with Crippen LogP contribution in [0.1, 0.15) is 44.1 Å². The molecule has 1 aliphatic heterocycles. The molecule has 0 saturated carbocycles. The molecule has 1 N–H and O–H groups in total. The van der Waals surface area contributed by atoms with Crippen LogP contribution in [0.4, 0.5) is 11.5 Å². The summed E-state index contributed by atoms with van der Waals surface area (Å²) in [6.45, 7) is 0.492. The second-order valence-electron chi connectivity index (χ2n) is 7.78. The fraction of sp³-hybridized carbons (Fsp3) is 0.333. The van der Waals surface area contributed by atoms with Crippen molar-refractivity contribution in [2.24, 2.45) is 4.99 Å². The Hall–Kier alpha value is -2.99. The van der Waals surface area contributed by atoms with Crippen molar-refractivity contribution in [3.05, 3.63) is 64.8 Å². The predicted molar refractivity (Wildman–Crippen MR) is 123 cm³/mol. The summed E-state index contributed by atoms with van der Waals surface area (Å²) in [5.41, 5.74) is 3.35. The quantitative estimate of drug-likeness (QED) is 0.672. The van der Waals surface area contributed by atoms with Crippen LogP contribution in [0.5, 0.6) is 0 Å². The lowest BCUT2D eigenvalue weighted by molar-refractivity contribution is -0.123. The summed E-state index contributed by atoms with van der Waals surface area (Å²) < 4.78 is 0. The number of carbonyl (C=O) groups is 2. The van der Waals surface area contributed by atoms with Crippen molar-refractivity contribution in [1.29, 1.82) is 0 Å². The summed E-state index contributed by atoms with van der Waals surface area (Å²) in [4.78, 5) is 36.1. The van der Waals surface area contributed by atoms with Crippen molar-refractivity contribution in [2.45, 2.75) is 38.5 Å². The summed E-state index contributed by atoms with van der Waals surface area (Å²) >= 11 is 6.12. The minimum Gasteiger partial charge on any atom is -0.354 e. The maximum Gasteiger partial charge on any atom is 0.240 e. The highest BCUT2D eigenvalue weighted by atomic mass is 35.5. The monoisotopic (exact) mass is 436 g/mol. The second kappa shape index (κ2) is 9.88. The molecule has 2 aliphatic rings. The van der Waals surface area contributed by atoms with Crippen molar-refractivity contribution >= 4 is 40.6 Å². The number of allylic oxidation sites excluding steroid dienone is 1. The third-order valence-corrected chi connectivity index (χ3v) is 5.74. The number of halogens is 1. The number of rotatable bonds is 6. The minimum absolute atomic E-state index is 0.0663. The van der Waals surface area contributed by atoms with Crippen LogP contribution in [0.2, 0.25) is 5.02 Å². The van der Waals surface area contributed by atoms with Gasteiger partial charge in [-0.3, -0.25) is 14.5 Å². The largest absolute Gasteiger partial charge is 0.354 e. The number of aromatic nitrogens is 1. The highest BCUT2D eigenvalue weighted by Gasteiger charge is 2.27. The Morgan fingerprint density at radius 1 is 1.19 bits per heavy atom. The molecule has 0 spiro atoms. The molecule has 7 heteroatoms. The molecule has 31 heavy (non-hydrogen) atoms. The van der Waals surface area contributed by atoms with Gasteiger partial charge in [-0.05, 0) is 61.9 Å². The number of hydrogen-bond acceptors (Lipinski definition) is 4. The zero-order chi connectivity index (χ0) is 21.6. The highest BCUT2D eigenvalue weighted by Crippen LogP contribution is 2.31. The van der Waals surface area contributed by atoms with Crippen LogP contribution in [0, 0.1) is 0 Å². The van der Waals surface area contributed by atoms with Gasteiger partial charge in [-0.1, -0.05) is 35.4 Å². The summed E-state index contributed by atoms with van der Waals surface area (Å²) in [6, 6.07) is 10.8. The molecule has 0 radical (unpaired) electrons. The number of aliphatic imine (C=N–C) groups is 1. The molecular weight excluding hydrogens is 412 g/mol. The van der Waals surface area contributed by atoms with Crippen molar-refractivity contribution < 1.29 is 9.59 Å². The summed E-state index contributed by atoms with van der Waals surface area (Å²) in [7, 11) is 0. The van der Waals surface area contributed by atoms with Crippen LogP contribution in [0.3, 0.4) is 0 Å². The van der Waals surface area contributed by atoms with Gasteiger partial charge >= 0.3 is 0 Å². The molecule has 0 unspecified atom stereocenters. The van der Waals surface area contributed by atoms with Crippen LogP contribution in [-0.4, -0.2) is 35.6 Å². The molecule has 0 saturated heterocycles. The van der Waals surface area contributed by atoms with Crippen LogP contribution >= 0.6 is 11.6 Å². The van der Waals surface area contributed by atoms with Crippen molar-refractivity contribution in [3.63, 3.8) is 0 Å². The first-order chi connectivity index (χ1) is 15.1. The average Bonchev–Trinajstić information content (AvgIpc) is 2.91. The number of pyridine rings is 1. The Morgan fingerprint density at radius 3 is 2.90 bits per heavy atom. The Labute approximate surface area is 187 Å². The maximum atomic E-state index is 13.1. The molecule has 0 bridgehead atoms. The number of carbonyl (C=O) groups excluding carboxylic acids is 2. The molecular formula is C24H25ClN4O2. The Balaban J connectivity index is 1.47. The number of benzene rings is 1. The van der Waals surface area contributed by atoms with Crippen molar-refractivity contribution in [3.8, 4) is 0 Å². The van der Waals surface area contributed by atoms with E-state index in [0.717, 1.165) is 24.8 Å². The van der Waals surface area contributed by atoms with Gasteiger partial charge in [0.25, 0.3) is 0 Å². The fourth-order valence-corrected chi connectivity index (χ4v) is 4.11. The third-order valence-electron chi connectivity index (χ3n) is 5.51. The molecule has 0 atom stereocenters. The molecule has 160 valence electrons. The molecule has 2 amide bonds. The second-order valence-corrected chi connectivity index (χ2v) is 8.22. The summed E-state index contributed by atoms with van der Waals surface area (Å²) in [5, 5.41) is 3.52. The maximum absolute atomic E-state index is 13.1. The van der Waals surface area contributed by atoms with Gasteiger partial charge < -0.3 is 5.32 Å². The lowest BCUT2D eigenvalue weighted by Crippen LogP contribution is -2.41. The zero-order valence-corrected chi connectivity index (χ0v) is 18.1. The van der Waals surface area contributed by atoms with Crippen molar-refractivity contribution in [2.75, 3.05) is 18.0 Å². The van der Waals surface area contributed by atoms with Crippen LogP contribution in [0.25, 0.3) is 0 Å². The SMILES string of the molecule is O=C(CN1C(=O)CC(c2cccc(Cl)c2)=Nc2cccnc21)NCCC1=CCCCC1. The molecule has 1 aliphatic carbocycles. The van der Waals surface area contributed by atoms with E-state index >= 15 is 0 Å². The Bertz CT molecular complexity index is 1050. The summed E-state index contributed by atoms with van der Waals surface area (Å²) in [5.74, 6) is -0.0245. The van der Waals surface area contributed by atoms with Gasteiger partial charge in [0.1, 0.15) is 12.2 Å². The topological polar surface area (TPSA) is 74.7 Å². The van der Waals surface area contributed by atoms with Crippen LogP contribution < -0.4 is 10.2 Å². The van der Waals surface area contributed by atoms with Gasteiger partial charge in [-0.2, -0.15) is 0 Å². The van der Waals surface area contributed by atoms with Gasteiger partial charge in [-0.25, -0.2) is 9.98 Å². The van der Waals surface area contributed by atoms with E-state index in [2.05, 4.69) is 21.4 Å². The molecule has 1 aromatic heterocycles. The van der Waals surface area contributed by atoms with Crippen molar-refractivity contribution in [1.82, 2.24) is 10.3 Å². The van der Waals surface area contributed by atoms with E-state index in [1.54, 1.807) is 30.5 Å². The minimum atomic E-state index is -0.221. The molecule has 2 heterocycles. The van der Waals surface area contributed by atoms with E-state index in [4.69, 9.17) is 11.6 Å². The normalized spacial score (nSPS) is 16.2. The summed E-state index contributed by atoms with van der Waals surface area (Å²) in [6.07, 6.45) is 9.52. The van der Waals surface area contributed by atoms with E-state index in [1.165, 1.54) is 23.3 Å². The lowest BCUT2D eigenvalue weighted by atomic mass is 9.97. The third kappa shape index (κ3) is 5.39. The van der Waals surface area contributed by atoms with E-state index in [-0.39, 0.29) is 24.8 Å².